The first-order valence-electron chi connectivity index (χ1n) is 6.34. The molecule has 98 valence electrons. The second kappa shape index (κ2) is 6.47. The maximum atomic E-state index is 12.1. The number of carbonyl (C=O) groups is 2. The van der Waals surface area contributed by atoms with E-state index in [1.165, 1.54) is 0 Å². The molecule has 0 aromatic rings. The Morgan fingerprint density at radius 3 is 2.53 bits per heavy atom. The van der Waals surface area contributed by atoms with Crippen molar-refractivity contribution in [3.05, 3.63) is 0 Å². The molecule has 5 nitrogen and oxygen atoms in total. The lowest BCUT2D eigenvalue weighted by Gasteiger charge is -2.35. The minimum absolute atomic E-state index is 0.0464. The number of amides is 2. The molecule has 0 aromatic carbocycles. The van der Waals surface area contributed by atoms with Crippen LogP contribution in [0.2, 0.25) is 0 Å². The van der Waals surface area contributed by atoms with Crippen LogP contribution in [-0.4, -0.2) is 53.1 Å². The molecule has 0 bridgehead atoms. The molecule has 1 fully saturated rings. The fourth-order valence-electron chi connectivity index (χ4n) is 2.35. The van der Waals surface area contributed by atoms with Gasteiger partial charge in [0.1, 0.15) is 0 Å². The molecule has 0 radical (unpaired) electrons. The van der Waals surface area contributed by atoms with Crippen molar-refractivity contribution in [2.24, 2.45) is 5.92 Å². The van der Waals surface area contributed by atoms with Gasteiger partial charge in [-0.2, -0.15) is 0 Å². The van der Waals surface area contributed by atoms with E-state index in [2.05, 4.69) is 0 Å². The summed E-state index contributed by atoms with van der Waals surface area (Å²) in [7, 11) is 0. The highest BCUT2D eigenvalue weighted by Gasteiger charge is 2.27. The molecule has 0 aromatic heterocycles. The van der Waals surface area contributed by atoms with Crippen LogP contribution in [-0.2, 0) is 4.79 Å². The number of likely N-dealkylation sites (tertiary alicyclic amines) is 1. The first kappa shape index (κ1) is 13.8. The van der Waals surface area contributed by atoms with Crippen molar-refractivity contribution in [2.75, 3.05) is 26.2 Å². The van der Waals surface area contributed by atoms with E-state index in [1.807, 2.05) is 13.8 Å². The van der Waals surface area contributed by atoms with Crippen molar-refractivity contribution in [2.45, 2.75) is 33.1 Å². The Kier molecular flexibility index (Phi) is 5.25. The second-order valence-corrected chi connectivity index (χ2v) is 4.51. The van der Waals surface area contributed by atoms with E-state index in [1.54, 1.807) is 9.80 Å². The number of piperidine rings is 1. The molecule has 1 unspecified atom stereocenters. The zero-order chi connectivity index (χ0) is 12.8. The number of rotatable bonds is 4. The van der Waals surface area contributed by atoms with Gasteiger partial charge in [0.2, 0.25) is 0 Å². The molecule has 1 heterocycles. The summed E-state index contributed by atoms with van der Waals surface area (Å²) in [6, 6.07) is 0.0464. The number of aliphatic carboxylic acids is 1. The van der Waals surface area contributed by atoms with Crippen LogP contribution < -0.4 is 0 Å². The molecule has 1 aliphatic heterocycles. The Balaban J connectivity index is 2.53. The van der Waals surface area contributed by atoms with Crippen LogP contribution in [0.1, 0.15) is 33.1 Å². The molecule has 2 amide bonds. The van der Waals surface area contributed by atoms with Crippen molar-refractivity contribution in [1.82, 2.24) is 9.80 Å². The van der Waals surface area contributed by atoms with E-state index >= 15 is 0 Å². The summed E-state index contributed by atoms with van der Waals surface area (Å²) in [4.78, 5) is 26.3. The van der Waals surface area contributed by atoms with Crippen LogP contribution in [0.3, 0.4) is 0 Å². The number of carboxylic acid groups (broad SMARTS) is 1. The molecule has 0 aliphatic carbocycles. The van der Waals surface area contributed by atoms with Crippen LogP contribution in [0.25, 0.3) is 0 Å². The van der Waals surface area contributed by atoms with Gasteiger partial charge < -0.3 is 14.9 Å². The number of hydrogen-bond acceptors (Lipinski definition) is 2. The van der Waals surface area contributed by atoms with Crippen LogP contribution in [0.5, 0.6) is 0 Å². The van der Waals surface area contributed by atoms with Crippen LogP contribution in [0, 0.1) is 5.92 Å². The van der Waals surface area contributed by atoms with Crippen LogP contribution in [0.15, 0.2) is 0 Å². The fourth-order valence-corrected chi connectivity index (χ4v) is 2.35. The van der Waals surface area contributed by atoms with Gasteiger partial charge in [-0.25, -0.2) is 4.79 Å². The minimum Gasteiger partial charge on any atom is -0.481 e. The maximum absolute atomic E-state index is 12.1. The predicted molar refractivity (Wildman–Crippen MR) is 64.9 cm³/mol. The van der Waals surface area contributed by atoms with Crippen molar-refractivity contribution < 1.29 is 14.7 Å². The summed E-state index contributed by atoms with van der Waals surface area (Å²) >= 11 is 0. The Hall–Kier alpha value is -1.26. The van der Waals surface area contributed by atoms with Crippen LogP contribution >= 0.6 is 0 Å². The van der Waals surface area contributed by atoms with Crippen molar-refractivity contribution in [3.63, 3.8) is 0 Å². The number of nitrogens with zero attached hydrogens (tertiary/aromatic N) is 2. The van der Waals surface area contributed by atoms with Gasteiger partial charge in [0.05, 0.1) is 0 Å². The zero-order valence-corrected chi connectivity index (χ0v) is 10.7. The standard InChI is InChI=1S/C12H22N2O3/c1-3-13(4-2)12(17)14-7-5-6-10(9-14)8-11(15)16/h10H,3-9H2,1-2H3,(H,15,16). The summed E-state index contributed by atoms with van der Waals surface area (Å²) in [5, 5.41) is 8.78. The highest BCUT2D eigenvalue weighted by atomic mass is 16.4. The maximum Gasteiger partial charge on any atom is 0.319 e. The van der Waals surface area contributed by atoms with E-state index in [-0.39, 0.29) is 18.4 Å². The Labute approximate surface area is 102 Å². The van der Waals surface area contributed by atoms with Gasteiger partial charge in [0.25, 0.3) is 0 Å². The number of carboxylic acids is 1. The highest BCUT2D eigenvalue weighted by Crippen LogP contribution is 2.20. The molecule has 1 aliphatic rings. The lowest BCUT2D eigenvalue weighted by molar-refractivity contribution is -0.138. The second-order valence-electron chi connectivity index (χ2n) is 4.51. The van der Waals surface area contributed by atoms with Crippen LogP contribution in [0.4, 0.5) is 4.79 Å². The molecule has 1 rings (SSSR count). The quantitative estimate of drug-likeness (QED) is 0.815. The van der Waals surface area contributed by atoms with Gasteiger partial charge in [-0.1, -0.05) is 0 Å². The topological polar surface area (TPSA) is 60.9 Å². The van der Waals surface area contributed by atoms with E-state index in [0.717, 1.165) is 19.4 Å². The van der Waals surface area contributed by atoms with E-state index < -0.39 is 5.97 Å². The Bertz CT molecular complexity index is 277. The molecular formula is C12H22N2O3. The summed E-state index contributed by atoms with van der Waals surface area (Å²) in [5.74, 6) is -0.659. The van der Waals surface area contributed by atoms with Crippen molar-refractivity contribution in [3.8, 4) is 0 Å². The monoisotopic (exact) mass is 242 g/mol. The molecule has 0 saturated carbocycles. The fraction of sp³-hybridized carbons (Fsp3) is 0.833. The summed E-state index contributed by atoms with van der Waals surface area (Å²) in [6.45, 7) is 6.66. The van der Waals surface area contributed by atoms with Gasteiger partial charge >= 0.3 is 12.0 Å². The SMILES string of the molecule is CCN(CC)C(=O)N1CCCC(CC(=O)O)C1. The average molecular weight is 242 g/mol. The average Bonchev–Trinajstić information content (AvgIpc) is 2.30. The molecular weight excluding hydrogens is 220 g/mol. The first-order valence-corrected chi connectivity index (χ1v) is 6.34. The number of hydrogen-bond donors (Lipinski definition) is 1. The minimum atomic E-state index is -0.771. The summed E-state index contributed by atoms with van der Waals surface area (Å²) in [6.07, 6.45) is 1.99. The van der Waals surface area contributed by atoms with Crippen molar-refractivity contribution >= 4 is 12.0 Å². The molecule has 5 heteroatoms. The molecule has 1 saturated heterocycles. The first-order chi connectivity index (χ1) is 8.08. The van der Waals surface area contributed by atoms with Gasteiger partial charge in [0.15, 0.2) is 0 Å². The highest BCUT2D eigenvalue weighted by molar-refractivity contribution is 5.74. The summed E-state index contributed by atoms with van der Waals surface area (Å²) in [5.41, 5.74) is 0. The molecule has 1 atom stereocenters. The third-order valence-electron chi connectivity index (χ3n) is 3.29. The molecule has 1 N–H and O–H groups in total. The Morgan fingerprint density at radius 2 is 2.00 bits per heavy atom. The smallest absolute Gasteiger partial charge is 0.319 e. The number of urea groups is 1. The largest absolute Gasteiger partial charge is 0.481 e. The lowest BCUT2D eigenvalue weighted by atomic mass is 9.95. The molecule has 17 heavy (non-hydrogen) atoms. The zero-order valence-electron chi connectivity index (χ0n) is 10.7. The molecule has 0 spiro atoms. The van der Waals surface area contributed by atoms with Gasteiger partial charge in [0, 0.05) is 32.6 Å². The lowest BCUT2D eigenvalue weighted by Crippen LogP contribution is -2.47. The summed E-state index contributed by atoms with van der Waals surface area (Å²) < 4.78 is 0. The third-order valence-corrected chi connectivity index (χ3v) is 3.29. The normalized spacial score (nSPS) is 20.1. The van der Waals surface area contributed by atoms with E-state index in [0.29, 0.717) is 19.6 Å². The third kappa shape index (κ3) is 3.91. The van der Waals surface area contributed by atoms with E-state index in [9.17, 15) is 9.59 Å². The Morgan fingerprint density at radius 1 is 1.35 bits per heavy atom. The number of carbonyl (C=O) groups excluding carboxylic acids is 1. The van der Waals surface area contributed by atoms with Gasteiger partial charge in [-0.05, 0) is 32.6 Å². The van der Waals surface area contributed by atoms with Gasteiger partial charge in [-0.15, -0.1) is 0 Å². The van der Waals surface area contributed by atoms with E-state index in [4.69, 9.17) is 5.11 Å². The predicted octanol–water partition coefficient (Wildman–Crippen LogP) is 1.63. The van der Waals surface area contributed by atoms with Gasteiger partial charge in [-0.3, -0.25) is 4.79 Å². The van der Waals surface area contributed by atoms with Crippen molar-refractivity contribution in [1.29, 1.82) is 0 Å².